The summed E-state index contributed by atoms with van der Waals surface area (Å²) < 4.78 is 0. The monoisotopic (exact) mass is 355 g/mol. The van der Waals surface area contributed by atoms with Gasteiger partial charge < -0.3 is 10.0 Å². The summed E-state index contributed by atoms with van der Waals surface area (Å²) in [6.45, 7) is 2.61. The maximum atomic E-state index is 12.1. The number of fused-ring (bicyclic) bond motifs is 5. The molecule has 0 radical (unpaired) electrons. The molecule has 4 heteroatoms. The summed E-state index contributed by atoms with van der Waals surface area (Å²) >= 11 is 6.17. The maximum Gasteiger partial charge on any atom is 0.160 e. The van der Waals surface area contributed by atoms with Gasteiger partial charge in [0.1, 0.15) is 5.75 Å². The zero-order valence-corrected chi connectivity index (χ0v) is 15.3. The molecule has 2 aromatic rings. The molecule has 1 heterocycles. The van der Waals surface area contributed by atoms with Crippen LogP contribution in [0.3, 0.4) is 0 Å². The fourth-order valence-corrected chi connectivity index (χ4v) is 4.79. The van der Waals surface area contributed by atoms with Crippen LogP contribution in [0.25, 0.3) is 0 Å². The minimum Gasteiger partial charge on any atom is -0.506 e. The number of hydrogen-bond donors (Lipinski definition) is 1. The number of phenols is 1. The first-order valence-electron chi connectivity index (χ1n) is 8.81. The van der Waals surface area contributed by atoms with Gasteiger partial charge in [0.2, 0.25) is 0 Å². The first kappa shape index (κ1) is 16.6. The molecule has 1 N–H and O–H groups in total. The molecule has 1 aliphatic carbocycles. The van der Waals surface area contributed by atoms with Gasteiger partial charge in [-0.3, -0.25) is 4.79 Å². The van der Waals surface area contributed by atoms with Crippen molar-refractivity contribution in [2.75, 3.05) is 13.6 Å². The molecule has 2 unspecified atom stereocenters. The number of phenolic OH excluding ortho intramolecular Hbond substituents is 1. The van der Waals surface area contributed by atoms with Gasteiger partial charge in [-0.1, -0.05) is 29.8 Å². The van der Waals surface area contributed by atoms with E-state index < -0.39 is 0 Å². The van der Waals surface area contributed by atoms with Gasteiger partial charge in [-0.15, -0.1) is 0 Å². The van der Waals surface area contributed by atoms with Crippen LogP contribution in [0.15, 0.2) is 30.3 Å². The van der Waals surface area contributed by atoms with Crippen molar-refractivity contribution >= 4 is 17.4 Å². The second kappa shape index (κ2) is 6.15. The first-order chi connectivity index (χ1) is 12.0. The molecule has 1 aliphatic heterocycles. The number of Topliss-reactive ketones (excluding diaryl/α,β-unsaturated/α-hetero) is 1. The van der Waals surface area contributed by atoms with Crippen LogP contribution in [0.5, 0.6) is 5.75 Å². The molecule has 2 aromatic carbocycles. The van der Waals surface area contributed by atoms with Crippen molar-refractivity contribution in [1.82, 2.24) is 4.90 Å². The molecular formula is C21H22ClNO2. The Morgan fingerprint density at radius 3 is 2.80 bits per heavy atom. The van der Waals surface area contributed by atoms with Crippen LogP contribution in [0, 0.1) is 0 Å². The van der Waals surface area contributed by atoms with Gasteiger partial charge in [0, 0.05) is 24.1 Å². The predicted octanol–water partition coefficient (Wildman–Crippen LogP) is 4.18. The molecule has 4 rings (SSSR count). The zero-order chi connectivity index (χ0) is 17.7. The Labute approximate surface area is 153 Å². The number of ketones is 1. The summed E-state index contributed by atoms with van der Waals surface area (Å²) in [5, 5.41) is 10.6. The number of likely N-dealkylation sites (N-methyl/N-ethyl adjacent to an activating group) is 1. The number of carbonyl (C=O) groups is 1. The highest BCUT2D eigenvalue weighted by Crippen LogP contribution is 2.45. The molecule has 130 valence electrons. The van der Waals surface area contributed by atoms with Crippen LogP contribution in [0.4, 0.5) is 0 Å². The summed E-state index contributed by atoms with van der Waals surface area (Å²) in [5.74, 6) is 0.420. The fourth-order valence-electron chi connectivity index (χ4n) is 4.61. The van der Waals surface area contributed by atoms with Crippen LogP contribution >= 0.6 is 11.6 Å². The van der Waals surface area contributed by atoms with E-state index in [1.807, 2.05) is 24.3 Å². The second-order valence-electron chi connectivity index (χ2n) is 7.25. The van der Waals surface area contributed by atoms with Gasteiger partial charge in [0.25, 0.3) is 0 Å². The van der Waals surface area contributed by atoms with Crippen molar-refractivity contribution < 1.29 is 9.90 Å². The predicted molar refractivity (Wildman–Crippen MR) is 99.8 cm³/mol. The van der Waals surface area contributed by atoms with E-state index in [-0.39, 0.29) is 17.5 Å². The minimum atomic E-state index is 0.122. The lowest BCUT2D eigenvalue weighted by Gasteiger charge is -2.38. The van der Waals surface area contributed by atoms with Crippen molar-refractivity contribution in [3.63, 3.8) is 0 Å². The number of carbonyl (C=O) groups excluding carboxylic acids is 1. The highest BCUT2D eigenvalue weighted by molar-refractivity contribution is 6.32. The van der Waals surface area contributed by atoms with E-state index in [1.165, 1.54) is 16.7 Å². The zero-order valence-electron chi connectivity index (χ0n) is 14.6. The van der Waals surface area contributed by atoms with Crippen molar-refractivity contribution in [2.24, 2.45) is 0 Å². The molecule has 25 heavy (non-hydrogen) atoms. The van der Waals surface area contributed by atoms with Gasteiger partial charge in [-0.2, -0.15) is 0 Å². The third-order valence-corrected chi connectivity index (χ3v) is 6.15. The Hall–Kier alpha value is -1.84. The van der Waals surface area contributed by atoms with E-state index in [9.17, 15) is 9.90 Å². The summed E-state index contributed by atoms with van der Waals surface area (Å²) in [5.41, 5.74) is 5.58. The lowest BCUT2D eigenvalue weighted by atomic mass is 9.73. The van der Waals surface area contributed by atoms with Crippen LogP contribution in [0.1, 0.15) is 51.9 Å². The summed E-state index contributed by atoms with van der Waals surface area (Å²) in [6, 6.07) is 10.2. The van der Waals surface area contributed by atoms with Crippen LogP contribution < -0.4 is 0 Å². The normalized spacial score (nSPS) is 22.5. The number of hydrogen-bond acceptors (Lipinski definition) is 3. The Bertz CT molecular complexity index is 861. The van der Waals surface area contributed by atoms with E-state index in [1.54, 1.807) is 6.92 Å². The van der Waals surface area contributed by atoms with Crippen molar-refractivity contribution in [3.8, 4) is 5.75 Å². The van der Waals surface area contributed by atoms with E-state index in [0.717, 1.165) is 36.9 Å². The van der Waals surface area contributed by atoms with Crippen LogP contribution in [0.2, 0.25) is 5.02 Å². The molecule has 0 amide bonds. The summed E-state index contributed by atoms with van der Waals surface area (Å²) in [4.78, 5) is 14.5. The third-order valence-electron chi connectivity index (χ3n) is 5.85. The Morgan fingerprint density at radius 2 is 2.04 bits per heavy atom. The maximum absolute atomic E-state index is 12.1. The average molecular weight is 356 g/mol. The topological polar surface area (TPSA) is 40.5 Å². The van der Waals surface area contributed by atoms with Crippen LogP contribution in [-0.4, -0.2) is 35.4 Å². The van der Waals surface area contributed by atoms with Gasteiger partial charge >= 0.3 is 0 Å². The average Bonchev–Trinajstić information content (AvgIpc) is 2.72. The quantitative estimate of drug-likeness (QED) is 0.780. The lowest BCUT2D eigenvalue weighted by molar-refractivity contribution is 0.101. The lowest BCUT2D eigenvalue weighted by Crippen LogP contribution is -2.40. The molecular weight excluding hydrogens is 334 g/mol. The van der Waals surface area contributed by atoms with E-state index in [4.69, 9.17) is 11.6 Å². The van der Waals surface area contributed by atoms with Crippen molar-refractivity contribution in [1.29, 1.82) is 0 Å². The van der Waals surface area contributed by atoms with E-state index >= 15 is 0 Å². The Morgan fingerprint density at radius 1 is 1.24 bits per heavy atom. The summed E-state index contributed by atoms with van der Waals surface area (Å²) in [6.07, 6.45) is 2.85. The molecule has 0 spiro atoms. The van der Waals surface area contributed by atoms with Gasteiger partial charge in [-0.05, 0) is 67.6 Å². The van der Waals surface area contributed by atoms with E-state index in [0.29, 0.717) is 11.1 Å². The van der Waals surface area contributed by atoms with Crippen LogP contribution in [-0.2, 0) is 12.8 Å². The highest BCUT2D eigenvalue weighted by atomic mass is 35.5. The highest BCUT2D eigenvalue weighted by Gasteiger charge is 2.37. The third kappa shape index (κ3) is 2.66. The molecule has 2 aliphatic rings. The van der Waals surface area contributed by atoms with E-state index in [2.05, 4.69) is 18.0 Å². The molecule has 0 fully saturated rings. The van der Waals surface area contributed by atoms with Gasteiger partial charge in [0.05, 0.1) is 5.02 Å². The number of benzene rings is 2. The number of halogens is 1. The van der Waals surface area contributed by atoms with Gasteiger partial charge in [0.15, 0.2) is 5.78 Å². The van der Waals surface area contributed by atoms with Gasteiger partial charge in [-0.25, -0.2) is 0 Å². The number of rotatable bonds is 1. The smallest absolute Gasteiger partial charge is 0.160 e. The first-order valence-corrected chi connectivity index (χ1v) is 9.19. The molecule has 0 aromatic heterocycles. The SMILES string of the molecule is CC(=O)c1cccc2c1CCC1C2c2cc(O)c(Cl)cc2CCN1C. The largest absolute Gasteiger partial charge is 0.506 e. The fraction of sp³-hybridized carbons (Fsp3) is 0.381. The molecule has 0 saturated carbocycles. The Kier molecular flexibility index (Phi) is 4.09. The minimum absolute atomic E-state index is 0.122. The molecule has 2 atom stereocenters. The molecule has 0 saturated heterocycles. The Balaban J connectivity index is 1.96. The number of aromatic hydroxyl groups is 1. The second-order valence-corrected chi connectivity index (χ2v) is 7.65. The van der Waals surface area contributed by atoms with Crippen molar-refractivity contribution in [2.45, 2.75) is 38.1 Å². The summed E-state index contributed by atoms with van der Waals surface area (Å²) in [7, 11) is 2.17. The standard InChI is InChI=1S/C21H22ClNO2/c1-12(24)14-4-3-5-16-15(14)6-7-19-21(16)17-11-20(25)18(22)10-13(17)8-9-23(19)2/h3-5,10-11,19,21,25H,6-9H2,1-2H3. The number of nitrogens with zero attached hydrogens (tertiary/aromatic N) is 1. The molecule has 0 bridgehead atoms. The van der Waals surface area contributed by atoms with Crippen molar-refractivity contribution in [3.05, 3.63) is 63.2 Å². The molecule has 3 nitrogen and oxygen atoms in total.